The maximum Gasteiger partial charge on any atom is 0.258 e. The van der Waals surface area contributed by atoms with Gasteiger partial charge in [-0.1, -0.05) is 36.5 Å². The van der Waals surface area contributed by atoms with Crippen molar-refractivity contribution in [3.05, 3.63) is 44.2 Å². The number of hydrogen-bond donors (Lipinski definition) is 2. The van der Waals surface area contributed by atoms with E-state index in [1.165, 1.54) is 11.3 Å². The number of carbonyl (C=O) groups is 1. The van der Waals surface area contributed by atoms with Crippen LogP contribution in [0.4, 0.5) is 10.7 Å². The minimum atomic E-state index is -0.195. The Hall–Kier alpha value is -1.23. The van der Waals surface area contributed by atoms with Gasteiger partial charge in [0, 0.05) is 9.90 Å². The zero-order chi connectivity index (χ0) is 16.6. The van der Waals surface area contributed by atoms with Gasteiger partial charge in [0.2, 0.25) is 0 Å². The SMILES string of the molecule is CC[C@@H]1CCc2c(sc(N)c2C(=O)Nc2ccc(Cl)cc2Cl)C1. The van der Waals surface area contributed by atoms with Gasteiger partial charge in [0.05, 0.1) is 21.3 Å². The fraction of sp³-hybridized carbons (Fsp3) is 0.353. The summed E-state index contributed by atoms with van der Waals surface area (Å²) in [7, 11) is 0. The number of nitrogens with one attached hydrogen (secondary N) is 1. The second-order valence-corrected chi connectivity index (χ2v) is 7.82. The van der Waals surface area contributed by atoms with Crippen molar-refractivity contribution in [3.8, 4) is 0 Å². The quantitative estimate of drug-likeness (QED) is 0.761. The second kappa shape index (κ2) is 6.71. The maximum atomic E-state index is 12.7. The molecule has 1 aliphatic carbocycles. The molecular weight excluding hydrogens is 351 g/mol. The molecule has 3 rings (SSSR count). The van der Waals surface area contributed by atoms with Crippen molar-refractivity contribution in [3.63, 3.8) is 0 Å². The Morgan fingerprint density at radius 3 is 2.91 bits per heavy atom. The summed E-state index contributed by atoms with van der Waals surface area (Å²) in [6, 6.07) is 5.00. The number of nitrogens with two attached hydrogens (primary N) is 1. The van der Waals surface area contributed by atoms with E-state index in [-0.39, 0.29) is 5.91 Å². The molecule has 1 aliphatic rings. The largest absolute Gasteiger partial charge is 0.390 e. The van der Waals surface area contributed by atoms with E-state index >= 15 is 0 Å². The molecule has 0 spiro atoms. The van der Waals surface area contributed by atoms with Gasteiger partial charge >= 0.3 is 0 Å². The van der Waals surface area contributed by atoms with E-state index in [0.717, 1.165) is 24.8 Å². The minimum Gasteiger partial charge on any atom is -0.390 e. The number of halogens is 2. The van der Waals surface area contributed by atoms with E-state index in [4.69, 9.17) is 28.9 Å². The molecule has 6 heteroatoms. The van der Waals surface area contributed by atoms with Crippen LogP contribution in [0.1, 0.15) is 40.6 Å². The van der Waals surface area contributed by atoms with Gasteiger partial charge in [-0.3, -0.25) is 4.79 Å². The molecular formula is C17H18Cl2N2OS. The van der Waals surface area contributed by atoms with Crippen molar-refractivity contribution in [2.24, 2.45) is 5.92 Å². The highest BCUT2D eigenvalue weighted by Gasteiger charge is 2.27. The molecule has 1 aromatic heterocycles. The molecule has 0 bridgehead atoms. The molecule has 2 aromatic rings. The minimum absolute atomic E-state index is 0.195. The zero-order valence-corrected chi connectivity index (χ0v) is 15.1. The predicted molar refractivity (Wildman–Crippen MR) is 99.0 cm³/mol. The van der Waals surface area contributed by atoms with Crippen LogP contribution >= 0.6 is 34.5 Å². The molecule has 0 saturated heterocycles. The summed E-state index contributed by atoms with van der Waals surface area (Å²) in [5.41, 5.74) is 8.40. The van der Waals surface area contributed by atoms with Gasteiger partial charge in [0.25, 0.3) is 5.91 Å². The highest BCUT2D eigenvalue weighted by atomic mass is 35.5. The zero-order valence-electron chi connectivity index (χ0n) is 12.8. The lowest BCUT2D eigenvalue weighted by molar-refractivity contribution is 0.102. The summed E-state index contributed by atoms with van der Waals surface area (Å²) >= 11 is 13.6. The van der Waals surface area contributed by atoms with Crippen LogP contribution in [0.2, 0.25) is 10.0 Å². The molecule has 0 radical (unpaired) electrons. The van der Waals surface area contributed by atoms with Crippen LogP contribution in [0.25, 0.3) is 0 Å². The Morgan fingerprint density at radius 1 is 1.43 bits per heavy atom. The summed E-state index contributed by atoms with van der Waals surface area (Å²) in [6.45, 7) is 2.21. The lowest BCUT2D eigenvalue weighted by Crippen LogP contribution is -2.18. The molecule has 1 aromatic carbocycles. The maximum absolute atomic E-state index is 12.7. The lowest BCUT2D eigenvalue weighted by atomic mass is 9.85. The van der Waals surface area contributed by atoms with Crippen molar-refractivity contribution >= 4 is 51.1 Å². The molecule has 3 N–H and O–H groups in total. The highest BCUT2D eigenvalue weighted by Crippen LogP contribution is 2.39. The number of nitrogen functional groups attached to an aromatic ring is 1. The van der Waals surface area contributed by atoms with Gasteiger partial charge in [-0.05, 0) is 48.9 Å². The monoisotopic (exact) mass is 368 g/mol. The van der Waals surface area contributed by atoms with E-state index in [9.17, 15) is 4.79 Å². The number of thiophene rings is 1. The number of benzene rings is 1. The van der Waals surface area contributed by atoms with E-state index in [1.54, 1.807) is 29.5 Å². The number of hydrogen-bond acceptors (Lipinski definition) is 3. The van der Waals surface area contributed by atoms with Gasteiger partial charge in [-0.25, -0.2) is 0 Å². The molecule has 1 atom stereocenters. The fourth-order valence-electron chi connectivity index (χ4n) is 3.05. The van der Waals surface area contributed by atoms with Crippen LogP contribution in [-0.2, 0) is 12.8 Å². The highest BCUT2D eigenvalue weighted by molar-refractivity contribution is 7.16. The lowest BCUT2D eigenvalue weighted by Gasteiger charge is -2.21. The summed E-state index contributed by atoms with van der Waals surface area (Å²) in [5, 5.41) is 4.39. The predicted octanol–water partition coefficient (Wildman–Crippen LogP) is 5.40. The molecule has 0 aliphatic heterocycles. The topological polar surface area (TPSA) is 55.1 Å². The molecule has 1 heterocycles. The number of carbonyl (C=O) groups excluding carboxylic acids is 1. The summed E-state index contributed by atoms with van der Waals surface area (Å²) in [6.07, 6.45) is 4.22. The number of rotatable bonds is 3. The molecule has 0 fully saturated rings. The molecule has 122 valence electrons. The van der Waals surface area contributed by atoms with Crippen molar-refractivity contribution in [2.45, 2.75) is 32.6 Å². The Labute approximate surface area is 149 Å². The first-order valence-electron chi connectivity index (χ1n) is 7.66. The Kier molecular flexibility index (Phi) is 4.85. The first-order valence-corrected chi connectivity index (χ1v) is 9.23. The summed E-state index contributed by atoms with van der Waals surface area (Å²) < 4.78 is 0. The third-order valence-corrected chi connectivity index (χ3v) is 6.01. The van der Waals surface area contributed by atoms with Gasteiger partial charge in [0.15, 0.2) is 0 Å². The van der Waals surface area contributed by atoms with Crippen LogP contribution in [-0.4, -0.2) is 5.91 Å². The van der Waals surface area contributed by atoms with Crippen LogP contribution in [0.15, 0.2) is 18.2 Å². The molecule has 23 heavy (non-hydrogen) atoms. The van der Waals surface area contributed by atoms with Crippen LogP contribution in [0.3, 0.4) is 0 Å². The van der Waals surface area contributed by atoms with Gasteiger partial charge < -0.3 is 11.1 Å². The Bertz CT molecular complexity index is 757. The van der Waals surface area contributed by atoms with Crippen molar-refractivity contribution < 1.29 is 4.79 Å². The number of anilines is 2. The smallest absolute Gasteiger partial charge is 0.258 e. The van der Waals surface area contributed by atoms with Crippen molar-refractivity contribution in [1.29, 1.82) is 0 Å². The number of amides is 1. The first-order chi connectivity index (χ1) is 11.0. The first kappa shape index (κ1) is 16.6. The molecule has 0 unspecified atom stereocenters. The van der Waals surface area contributed by atoms with Crippen LogP contribution < -0.4 is 11.1 Å². The molecule has 3 nitrogen and oxygen atoms in total. The van der Waals surface area contributed by atoms with Gasteiger partial charge in [-0.2, -0.15) is 0 Å². The average Bonchev–Trinajstić information content (AvgIpc) is 2.84. The van der Waals surface area contributed by atoms with Crippen LogP contribution in [0.5, 0.6) is 0 Å². The third-order valence-electron chi connectivity index (χ3n) is 4.38. The van der Waals surface area contributed by atoms with Crippen molar-refractivity contribution in [1.82, 2.24) is 0 Å². The fourth-order valence-corrected chi connectivity index (χ4v) is 4.73. The normalized spacial score (nSPS) is 16.9. The van der Waals surface area contributed by atoms with Crippen molar-refractivity contribution in [2.75, 3.05) is 11.1 Å². The Balaban J connectivity index is 1.87. The molecule has 0 saturated carbocycles. The summed E-state index contributed by atoms with van der Waals surface area (Å²) in [4.78, 5) is 13.9. The van der Waals surface area contributed by atoms with E-state index in [2.05, 4.69) is 12.2 Å². The number of fused-ring (bicyclic) bond motifs is 1. The average molecular weight is 369 g/mol. The second-order valence-electron chi connectivity index (χ2n) is 5.84. The Morgan fingerprint density at radius 2 is 2.22 bits per heavy atom. The molecule has 1 amide bonds. The van der Waals surface area contributed by atoms with Crippen LogP contribution in [0, 0.1) is 5.92 Å². The van der Waals surface area contributed by atoms with E-state index in [1.807, 2.05) is 0 Å². The standard InChI is InChI=1S/C17H18Cl2N2OS/c1-2-9-3-5-11-14(7-9)23-16(20)15(11)17(22)21-13-6-4-10(18)8-12(13)19/h4,6,8-9H,2-3,5,7,20H2,1H3,(H,21,22)/t9-/m1/s1. The van der Waals surface area contributed by atoms with Gasteiger partial charge in [-0.15, -0.1) is 11.3 Å². The third kappa shape index (κ3) is 3.35. The van der Waals surface area contributed by atoms with E-state index < -0.39 is 0 Å². The van der Waals surface area contributed by atoms with Gasteiger partial charge in [0.1, 0.15) is 0 Å². The summed E-state index contributed by atoms with van der Waals surface area (Å²) in [5.74, 6) is 0.501. The van der Waals surface area contributed by atoms with E-state index in [0.29, 0.717) is 32.2 Å².